The number of hydrogen-bond acceptors (Lipinski definition) is 7. The van der Waals surface area contributed by atoms with Gasteiger partial charge in [-0.25, -0.2) is 14.6 Å². The Morgan fingerprint density at radius 2 is 1.90 bits per heavy atom. The van der Waals surface area contributed by atoms with Crippen molar-refractivity contribution in [2.75, 3.05) is 0 Å². The van der Waals surface area contributed by atoms with Gasteiger partial charge >= 0.3 is 11.9 Å². The number of carbonyl (C=O) groups is 2. The van der Waals surface area contributed by atoms with Crippen molar-refractivity contribution in [1.29, 1.82) is 0 Å². The van der Waals surface area contributed by atoms with Gasteiger partial charge in [0.25, 0.3) is 5.56 Å². The molecule has 30 heavy (non-hydrogen) atoms. The van der Waals surface area contributed by atoms with Gasteiger partial charge in [0.2, 0.25) is 0 Å². The molecule has 7 nitrogen and oxygen atoms in total. The third-order valence-corrected chi connectivity index (χ3v) is 6.11. The zero-order valence-corrected chi connectivity index (χ0v) is 18.2. The van der Waals surface area contributed by atoms with Crippen LogP contribution >= 0.6 is 11.3 Å². The summed E-state index contributed by atoms with van der Waals surface area (Å²) in [6.07, 6.45) is 1.80. The van der Waals surface area contributed by atoms with E-state index in [-0.39, 0.29) is 18.3 Å². The lowest BCUT2D eigenvalue weighted by Gasteiger charge is -2.14. The SMILES string of the molecule is CCC(C)OC(=O)c1sc2ncn(C(C)C(=O)OCc3ccccc3)c(=O)c2c1C. The summed E-state index contributed by atoms with van der Waals surface area (Å²) in [6, 6.07) is 8.45. The third kappa shape index (κ3) is 4.43. The van der Waals surface area contributed by atoms with Crippen molar-refractivity contribution in [3.63, 3.8) is 0 Å². The molecule has 0 aliphatic carbocycles. The van der Waals surface area contributed by atoms with Crippen LogP contribution in [-0.2, 0) is 20.9 Å². The Balaban J connectivity index is 1.85. The molecule has 3 aromatic rings. The summed E-state index contributed by atoms with van der Waals surface area (Å²) in [5.41, 5.74) is 0.984. The molecule has 0 saturated heterocycles. The number of hydrogen-bond donors (Lipinski definition) is 0. The fourth-order valence-corrected chi connectivity index (χ4v) is 3.91. The summed E-state index contributed by atoms with van der Waals surface area (Å²) >= 11 is 1.12. The molecule has 0 amide bonds. The van der Waals surface area contributed by atoms with E-state index in [0.717, 1.165) is 16.9 Å². The lowest BCUT2D eigenvalue weighted by atomic mass is 10.2. The number of thiophene rings is 1. The van der Waals surface area contributed by atoms with Crippen LogP contribution in [0.2, 0.25) is 0 Å². The Kier molecular flexibility index (Phi) is 6.66. The van der Waals surface area contributed by atoms with E-state index in [9.17, 15) is 14.4 Å². The summed E-state index contributed by atoms with van der Waals surface area (Å²) in [7, 11) is 0. The minimum atomic E-state index is -0.854. The molecule has 0 N–H and O–H groups in total. The first kappa shape index (κ1) is 21.7. The molecule has 2 heterocycles. The second-order valence-electron chi connectivity index (χ2n) is 7.09. The van der Waals surface area contributed by atoms with Crippen molar-refractivity contribution in [3.05, 3.63) is 63.0 Å². The number of benzene rings is 1. The number of fused-ring (bicyclic) bond motifs is 1. The van der Waals surface area contributed by atoms with Gasteiger partial charge in [-0.15, -0.1) is 11.3 Å². The van der Waals surface area contributed by atoms with E-state index < -0.39 is 18.0 Å². The van der Waals surface area contributed by atoms with Crippen LogP contribution in [0.4, 0.5) is 0 Å². The molecular formula is C22H24N2O5S. The third-order valence-electron chi connectivity index (χ3n) is 4.93. The molecule has 0 aliphatic rings. The largest absolute Gasteiger partial charge is 0.459 e. The first-order valence-electron chi connectivity index (χ1n) is 9.75. The van der Waals surface area contributed by atoms with E-state index in [4.69, 9.17) is 9.47 Å². The van der Waals surface area contributed by atoms with Gasteiger partial charge in [-0.3, -0.25) is 9.36 Å². The molecule has 0 fully saturated rings. The van der Waals surface area contributed by atoms with Crippen LogP contribution in [0.15, 0.2) is 41.5 Å². The molecule has 0 spiro atoms. The standard InChI is InChI=1S/C22H24N2O5S/c1-5-13(2)29-22(27)18-14(3)17-19(30-18)23-12-24(20(17)25)15(4)21(26)28-11-16-9-7-6-8-10-16/h6-10,12-13,15H,5,11H2,1-4H3. The minimum Gasteiger partial charge on any atom is -0.459 e. The summed E-state index contributed by atoms with van der Waals surface area (Å²) in [4.78, 5) is 43.1. The van der Waals surface area contributed by atoms with E-state index in [1.54, 1.807) is 13.8 Å². The highest BCUT2D eigenvalue weighted by molar-refractivity contribution is 7.20. The van der Waals surface area contributed by atoms with E-state index in [1.165, 1.54) is 10.9 Å². The number of aromatic nitrogens is 2. The van der Waals surface area contributed by atoms with Crippen LogP contribution in [0.3, 0.4) is 0 Å². The number of rotatable bonds is 7. The quantitative estimate of drug-likeness (QED) is 0.528. The first-order chi connectivity index (χ1) is 14.3. The number of nitrogens with zero attached hydrogens (tertiary/aromatic N) is 2. The number of ether oxygens (including phenoxy) is 2. The summed E-state index contributed by atoms with van der Waals surface area (Å²) in [5, 5.41) is 0.321. The highest BCUT2D eigenvalue weighted by atomic mass is 32.1. The molecule has 3 rings (SSSR count). The normalized spacial score (nSPS) is 13.1. The van der Waals surface area contributed by atoms with Crippen molar-refractivity contribution in [2.45, 2.75) is 52.9 Å². The monoisotopic (exact) mass is 428 g/mol. The molecule has 0 aliphatic heterocycles. The first-order valence-corrected chi connectivity index (χ1v) is 10.6. The Hall–Kier alpha value is -3.00. The average Bonchev–Trinajstić information content (AvgIpc) is 3.09. The molecule has 158 valence electrons. The topological polar surface area (TPSA) is 87.5 Å². The molecule has 0 radical (unpaired) electrons. The molecule has 0 bridgehead atoms. The van der Waals surface area contributed by atoms with Crippen molar-refractivity contribution in [3.8, 4) is 0 Å². The molecule has 0 saturated carbocycles. The Morgan fingerprint density at radius 3 is 2.57 bits per heavy atom. The van der Waals surface area contributed by atoms with Crippen LogP contribution in [0.25, 0.3) is 10.2 Å². The maximum Gasteiger partial charge on any atom is 0.348 e. The van der Waals surface area contributed by atoms with Gasteiger partial charge in [0.15, 0.2) is 0 Å². The highest BCUT2D eigenvalue weighted by Crippen LogP contribution is 2.28. The van der Waals surface area contributed by atoms with Gasteiger partial charge in [0.1, 0.15) is 22.4 Å². The van der Waals surface area contributed by atoms with Crippen LogP contribution in [0.1, 0.15) is 54.0 Å². The summed E-state index contributed by atoms with van der Waals surface area (Å²) < 4.78 is 12.0. The number of esters is 2. The summed E-state index contributed by atoms with van der Waals surface area (Å²) in [5.74, 6) is -1.00. The predicted octanol–water partition coefficient (Wildman–Crippen LogP) is 4.03. The maximum absolute atomic E-state index is 13.1. The van der Waals surface area contributed by atoms with Crippen molar-refractivity contribution < 1.29 is 19.1 Å². The van der Waals surface area contributed by atoms with Gasteiger partial charge in [-0.1, -0.05) is 37.3 Å². The molecule has 2 unspecified atom stereocenters. The van der Waals surface area contributed by atoms with Gasteiger partial charge in [-0.05, 0) is 38.3 Å². The smallest absolute Gasteiger partial charge is 0.348 e. The van der Waals surface area contributed by atoms with Gasteiger partial charge in [0.05, 0.1) is 17.8 Å². The van der Waals surface area contributed by atoms with E-state index in [0.29, 0.717) is 27.1 Å². The zero-order valence-electron chi connectivity index (χ0n) is 17.4. The predicted molar refractivity (Wildman–Crippen MR) is 115 cm³/mol. The minimum absolute atomic E-state index is 0.123. The van der Waals surface area contributed by atoms with Gasteiger partial charge in [0, 0.05) is 0 Å². The van der Waals surface area contributed by atoms with Crippen molar-refractivity contribution in [2.24, 2.45) is 0 Å². The van der Waals surface area contributed by atoms with Crippen molar-refractivity contribution >= 4 is 33.5 Å². The lowest BCUT2D eigenvalue weighted by Crippen LogP contribution is -2.29. The van der Waals surface area contributed by atoms with Gasteiger partial charge < -0.3 is 9.47 Å². The molecular weight excluding hydrogens is 404 g/mol. The number of carbonyl (C=O) groups excluding carboxylic acids is 2. The zero-order chi connectivity index (χ0) is 21.8. The fraction of sp³-hybridized carbons (Fsp3) is 0.364. The maximum atomic E-state index is 13.1. The molecule has 8 heteroatoms. The van der Waals surface area contributed by atoms with E-state index in [1.807, 2.05) is 44.2 Å². The van der Waals surface area contributed by atoms with Gasteiger partial charge in [-0.2, -0.15) is 0 Å². The molecule has 2 atom stereocenters. The Morgan fingerprint density at radius 1 is 1.20 bits per heavy atom. The van der Waals surface area contributed by atoms with E-state index >= 15 is 0 Å². The van der Waals surface area contributed by atoms with E-state index in [2.05, 4.69) is 4.98 Å². The molecule has 2 aromatic heterocycles. The Labute approximate surface area is 178 Å². The number of aryl methyl sites for hydroxylation is 1. The van der Waals surface area contributed by atoms with Crippen LogP contribution in [-0.4, -0.2) is 27.6 Å². The van der Waals surface area contributed by atoms with Crippen LogP contribution in [0.5, 0.6) is 0 Å². The van der Waals surface area contributed by atoms with Crippen LogP contribution < -0.4 is 5.56 Å². The van der Waals surface area contributed by atoms with Crippen LogP contribution in [0, 0.1) is 6.92 Å². The molecule has 1 aromatic carbocycles. The van der Waals surface area contributed by atoms with Crippen molar-refractivity contribution in [1.82, 2.24) is 9.55 Å². The fourth-order valence-electron chi connectivity index (χ4n) is 2.89. The average molecular weight is 429 g/mol. The highest BCUT2D eigenvalue weighted by Gasteiger charge is 2.24. The Bertz CT molecular complexity index is 1120. The lowest BCUT2D eigenvalue weighted by molar-refractivity contribution is -0.148. The summed E-state index contributed by atoms with van der Waals surface area (Å²) in [6.45, 7) is 7.14. The second-order valence-corrected chi connectivity index (χ2v) is 8.09. The second kappa shape index (κ2) is 9.21.